The second-order valence-electron chi connectivity index (χ2n) is 5.57. The van der Waals surface area contributed by atoms with Gasteiger partial charge in [0, 0.05) is 22.7 Å². The maximum atomic E-state index is 5.80. The largest absolute Gasteiger partial charge is 0.271 e. The summed E-state index contributed by atoms with van der Waals surface area (Å²) in [6.45, 7) is 2.92. The Hall–Kier alpha value is -1.24. The van der Waals surface area contributed by atoms with E-state index in [4.69, 9.17) is 5.84 Å². The van der Waals surface area contributed by atoms with Gasteiger partial charge in [-0.2, -0.15) is 5.10 Å². The molecule has 0 saturated carbocycles. The summed E-state index contributed by atoms with van der Waals surface area (Å²) in [5.41, 5.74) is 4.49. The average molecular weight is 305 g/mol. The Morgan fingerprint density at radius 2 is 2.24 bits per heavy atom. The van der Waals surface area contributed by atoms with Crippen molar-refractivity contribution in [3.8, 4) is 0 Å². The van der Waals surface area contributed by atoms with Gasteiger partial charge in [0.1, 0.15) is 12.2 Å². The van der Waals surface area contributed by atoms with Gasteiger partial charge in [0.15, 0.2) is 0 Å². The first-order valence-electron chi connectivity index (χ1n) is 7.76. The van der Waals surface area contributed by atoms with Crippen LogP contribution in [0.3, 0.4) is 0 Å². The molecule has 2 aromatic rings. The van der Waals surface area contributed by atoms with E-state index in [1.54, 1.807) is 11.2 Å². The highest BCUT2D eigenvalue weighted by atomic mass is 32.1. The van der Waals surface area contributed by atoms with Crippen LogP contribution in [0.15, 0.2) is 12.4 Å². The fraction of sp³-hybridized carbons (Fsp3) is 0.600. The van der Waals surface area contributed by atoms with Crippen molar-refractivity contribution in [3.05, 3.63) is 33.5 Å². The third-order valence-corrected chi connectivity index (χ3v) is 5.54. The second-order valence-corrected chi connectivity index (χ2v) is 6.74. The van der Waals surface area contributed by atoms with Crippen molar-refractivity contribution >= 4 is 11.3 Å². The SMILES string of the molecule is CCn1ncnc1CC(NN)c1cc2c(s1)CCCCC2. The third kappa shape index (κ3) is 3.17. The molecule has 6 heteroatoms. The summed E-state index contributed by atoms with van der Waals surface area (Å²) < 4.78 is 1.93. The van der Waals surface area contributed by atoms with Crippen molar-refractivity contribution in [3.63, 3.8) is 0 Å². The van der Waals surface area contributed by atoms with E-state index in [2.05, 4.69) is 28.5 Å². The molecule has 114 valence electrons. The number of hydrazine groups is 1. The minimum atomic E-state index is 0.122. The van der Waals surface area contributed by atoms with Crippen molar-refractivity contribution in [2.45, 2.75) is 58.0 Å². The number of aromatic nitrogens is 3. The maximum absolute atomic E-state index is 5.80. The molecule has 0 radical (unpaired) electrons. The van der Waals surface area contributed by atoms with Crippen LogP contribution in [-0.4, -0.2) is 14.8 Å². The summed E-state index contributed by atoms with van der Waals surface area (Å²) in [6.07, 6.45) is 8.83. The lowest BCUT2D eigenvalue weighted by atomic mass is 10.1. The van der Waals surface area contributed by atoms with E-state index >= 15 is 0 Å². The second kappa shape index (κ2) is 6.68. The van der Waals surface area contributed by atoms with Gasteiger partial charge >= 0.3 is 0 Å². The molecule has 1 atom stereocenters. The fourth-order valence-electron chi connectivity index (χ4n) is 3.00. The van der Waals surface area contributed by atoms with Gasteiger partial charge in [-0.15, -0.1) is 11.3 Å². The summed E-state index contributed by atoms with van der Waals surface area (Å²) in [6, 6.07) is 2.47. The summed E-state index contributed by atoms with van der Waals surface area (Å²) in [5.74, 6) is 6.79. The van der Waals surface area contributed by atoms with Gasteiger partial charge in [-0.25, -0.2) is 4.98 Å². The van der Waals surface area contributed by atoms with Crippen LogP contribution in [0.2, 0.25) is 0 Å². The number of nitrogens with zero attached hydrogens (tertiary/aromatic N) is 3. The molecule has 0 saturated heterocycles. The first kappa shape index (κ1) is 14.7. The Morgan fingerprint density at radius 3 is 3.05 bits per heavy atom. The van der Waals surface area contributed by atoms with Crippen LogP contribution in [-0.2, 0) is 25.8 Å². The van der Waals surface area contributed by atoms with Crippen LogP contribution >= 0.6 is 11.3 Å². The number of nitrogens with two attached hydrogens (primary N) is 1. The number of rotatable bonds is 5. The van der Waals surface area contributed by atoms with E-state index in [0.29, 0.717) is 0 Å². The molecule has 0 amide bonds. The molecule has 2 aromatic heterocycles. The number of thiophene rings is 1. The number of aryl methyl sites for hydroxylation is 3. The van der Waals surface area contributed by atoms with Crippen molar-refractivity contribution < 1.29 is 0 Å². The molecular formula is C15H23N5S. The number of fused-ring (bicyclic) bond motifs is 1. The minimum Gasteiger partial charge on any atom is -0.271 e. The average Bonchev–Trinajstić information content (AvgIpc) is 3.06. The number of hydrogen-bond donors (Lipinski definition) is 2. The van der Waals surface area contributed by atoms with Crippen molar-refractivity contribution in [2.24, 2.45) is 5.84 Å². The lowest BCUT2D eigenvalue weighted by Crippen LogP contribution is -2.30. The van der Waals surface area contributed by atoms with E-state index < -0.39 is 0 Å². The van der Waals surface area contributed by atoms with Gasteiger partial charge < -0.3 is 0 Å². The predicted octanol–water partition coefficient (Wildman–Crippen LogP) is 2.38. The van der Waals surface area contributed by atoms with Gasteiger partial charge in [0.25, 0.3) is 0 Å². The first-order chi connectivity index (χ1) is 10.3. The van der Waals surface area contributed by atoms with Crippen LogP contribution in [0.5, 0.6) is 0 Å². The Morgan fingerprint density at radius 1 is 1.38 bits per heavy atom. The van der Waals surface area contributed by atoms with Crippen LogP contribution in [0.1, 0.15) is 53.4 Å². The summed E-state index contributed by atoms with van der Waals surface area (Å²) >= 11 is 1.92. The molecule has 0 aliphatic heterocycles. The Balaban J connectivity index is 1.80. The zero-order chi connectivity index (χ0) is 14.7. The molecule has 2 heterocycles. The van der Waals surface area contributed by atoms with E-state index in [0.717, 1.165) is 18.8 Å². The van der Waals surface area contributed by atoms with Gasteiger partial charge in [0.2, 0.25) is 0 Å². The lowest BCUT2D eigenvalue weighted by Gasteiger charge is -2.14. The van der Waals surface area contributed by atoms with Gasteiger partial charge in [0.05, 0.1) is 6.04 Å². The first-order valence-corrected chi connectivity index (χ1v) is 8.57. The zero-order valence-corrected chi connectivity index (χ0v) is 13.3. The molecule has 1 unspecified atom stereocenters. The van der Waals surface area contributed by atoms with Crippen molar-refractivity contribution in [1.29, 1.82) is 0 Å². The molecule has 3 N–H and O–H groups in total. The topological polar surface area (TPSA) is 68.8 Å². The molecule has 0 bridgehead atoms. The maximum Gasteiger partial charge on any atom is 0.138 e. The van der Waals surface area contributed by atoms with Crippen LogP contribution in [0, 0.1) is 0 Å². The lowest BCUT2D eigenvalue weighted by molar-refractivity contribution is 0.516. The number of hydrogen-bond acceptors (Lipinski definition) is 5. The van der Waals surface area contributed by atoms with Gasteiger partial charge in [-0.3, -0.25) is 16.0 Å². The van der Waals surface area contributed by atoms with E-state index in [9.17, 15) is 0 Å². The van der Waals surface area contributed by atoms with Crippen molar-refractivity contribution in [1.82, 2.24) is 20.2 Å². The molecule has 0 aromatic carbocycles. The fourth-order valence-corrected chi connectivity index (χ4v) is 4.31. The molecule has 0 fully saturated rings. The zero-order valence-electron chi connectivity index (χ0n) is 12.5. The van der Waals surface area contributed by atoms with Crippen LogP contribution in [0.25, 0.3) is 0 Å². The van der Waals surface area contributed by atoms with E-state index in [1.807, 2.05) is 16.0 Å². The molecule has 5 nitrogen and oxygen atoms in total. The highest BCUT2D eigenvalue weighted by Crippen LogP contribution is 2.33. The summed E-state index contributed by atoms with van der Waals surface area (Å²) in [5, 5.41) is 4.23. The van der Waals surface area contributed by atoms with Crippen LogP contribution in [0.4, 0.5) is 0 Å². The molecule has 3 rings (SSSR count). The molecule has 21 heavy (non-hydrogen) atoms. The smallest absolute Gasteiger partial charge is 0.138 e. The predicted molar refractivity (Wildman–Crippen MR) is 85.0 cm³/mol. The molecular weight excluding hydrogens is 282 g/mol. The number of nitrogens with one attached hydrogen (secondary N) is 1. The summed E-state index contributed by atoms with van der Waals surface area (Å²) in [4.78, 5) is 7.24. The molecule has 1 aliphatic carbocycles. The highest BCUT2D eigenvalue weighted by molar-refractivity contribution is 7.12. The minimum absolute atomic E-state index is 0.122. The quantitative estimate of drug-likeness (QED) is 0.505. The Labute approximate surface area is 129 Å². The normalized spacial score (nSPS) is 16.5. The van der Waals surface area contributed by atoms with Gasteiger partial charge in [-0.05, 0) is 44.2 Å². The third-order valence-electron chi connectivity index (χ3n) is 4.19. The Kier molecular flexibility index (Phi) is 4.67. The molecule has 0 spiro atoms. The molecule has 1 aliphatic rings. The monoisotopic (exact) mass is 305 g/mol. The van der Waals surface area contributed by atoms with E-state index in [-0.39, 0.29) is 6.04 Å². The Bertz CT molecular complexity index is 565. The summed E-state index contributed by atoms with van der Waals surface area (Å²) in [7, 11) is 0. The van der Waals surface area contributed by atoms with Crippen LogP contribution < -0.4 is 11.3 Å². The highest BCUT2D eigenvalue weighted by Gasteiger charge is 2.20. The van der Waals surface area contributed by atoms with Crippen molar-refractivity contribution in [2.75, 3.05) is 0 Å². The standard InChI is InChI=1S/C15H23N5S/c1-2-20-15(17-10-18-20)9-12(19-16)14-8-11-6-4-3-5-7-13(11)21-14/h8,10,12,19H,2-7,9,16H2,1H3. The van der Waals surface area contributed by atoms with E-state index in [1.165, 1.54) is 42.5 Å². The van der Waals surface area contributed by atoms with Gasteiger partial charge in [-0.1, -0.05) is 6.42 Å².